The minimum Gasteiger partial charge on any atom is -0.385 e. The molecule has 16 heavy (non-hydrogen) atoms. The topological polar surface area (TPSA) is 39.1 Å². The molecule has 1 heterocycles. The van der Waals surface area contributed by atoms with Crippen molar-refractivity contribution in [2.75, 3.05) is 13.7 Å². The summed E-state index contributed by atoms with van der Waals surface area (Å²) in [5.74, 6) is 0. The van der Waals surface area contributed by atoms with Crippen molar-refractivity contribution >= 4 is 0 Å². The van der Waals surface area contributed by atoms with Crippen LogP contribution in [0.25, 0.3) is 0 Å². The molecule has 4 heteroatoms. The number of methoxy groups -OCH3 is 1. The van der Waals surface area contributed by atoms with Gasteiger partial charge in [0.25, 0.3) is 0 Å². The van der Waals surface area contributed by atoms with E-state index >= 15 is 0 Å². The summed E-state index contributed by atoms with van der Waals surface area (Å²) < 4.78 is 7.19. The molecule has 1 aromatic heterocycles. The lowest BCUT2D eigenvalue weighted by Crippen LogP contribution is -2.15. The van der Waals surface area contributed by atoms with Crippen LogP contribution >= 0.6 is 0 Å². The molecule has 2 rings (SSSR count). The van der Waals surface area contributed by atoms with E-state index in [-0.39, 0.29) is 0 Å². The molecular weight excluding hydrogens is 202 g/mol. The fraction of sp³-hybridized carbons (Fsp3) is 0.750. The van der Waals surface area contributed by atoms with Gasteiger partial charge in [0, 0.05) is 39.0 Å². The second-order valence-electron chi connectivity index (χ2n) is 4.46. The van der Waals surface area contributed by atoms with Crippen molar-refractivity contribution in [3.63, 3.8) is 0 Å². The smallest absolute Gasteiger partial charge is 0.0949 e. The Morgan fingerprint density at radius 1 is 1.50 bits per heavy atom. The van der Waals surface area contributed by atoms with Gasteiger partial charge >= 0.3 is 0 Å². The maximum Gasteiger partial charge on any atom is 0.0949 e. The average Bonchev–Trinajstić information content (AvgIpc) is 3.02. The molecule has 1 N–H and O–H groups in total. The van der Waals surface area contributed by atoms with E-state index in [0.717, 1.165) is 44.3 Å². The van der Waals surface area contributed by atoms with Gasteiger partial charge in [-0.05, 0) is 25.7 Å². The summed E-state index contributed by atoms with van der Waals surface area (Å²) in [6.07, 6.45) is 9.00. The van der Waals surface area contributed by atoms with Gasteiger partial charge in [-0.1, -0.05) is 0 Å². The summed E-state index contributed by atoms with van der Waals surface area (Å²) in [5, 5.41) is 3.47. The molecule has 0 atom stereocenters. The minimum atomic E-state index is 0.756. The van der Waals surface area contributed by atoms with Gasteiger partial charge in [-0.3, -0.25) is 0 Å². The van der Waals surface area contributed by atoms with E-state index in [4.69, 9.17) is 4.74 Å². The van der Waals surface area contributed by atoms with Gasteiger partial charge in [0.2, 0.25) is 0 Å². The van der Waals surface area contributed by atoms with Crippen molar-refractivity contribution in [1.29, 1.82) is 0 Å². The van der Waals surface area contributed by atoms with E-state index in [1.807, 2.05) is 6.33 Å². The lowest BCUT2D eigenvalue weighted by molar-refractivity contribution is 0.191. The Morgan fingerprint density at radius 3 is 3.12 bits per heavy atom. The maximum absolute atomic E-state index is 5.02. The van der Waals surface area contributed by atoms with Crippen molar-refractivity contribution in [3.05, 3.63) is 18.2 Å². The Bertz CT molecular complexity index is 307. The molecule has 0 aromatic carbocycles. The Kier molecular flexibility index (Phi) is 4.36. The lowest BCUT2D eigenvalue weighted by atomic mass is 10.3. The van der Waals surface area contributed by atoms with Crippen molar-refractivity contribution in [2.24, 2.45) is 0 Å². The van der Waals surface area contributed by atoms with Crippen LogP contribution in [-0.2, 0) is 17.8 Å². The maximum atomic E-state index is 5.02. The van der Waals surface area contributed by atoms with Crippen LogP contribution < -0.4 is 5.32 Å². The summed E-state index contributed by atoms with van der Waals surface area (Å²) in [6.45, 7) is 2.81. The Balaban J connectivity index is 1.64. The predicted octanol–water partition coefficient (Wildman–Crippen LogP) is 1.56. The van der Waals surface area contributed by atoms with Crippen LogP contribution in [0, 0.1) is 0 Å². The SMILES string of the molecule is COCCCCn1cnc(CNC2CC2)c1. The number of aryl methyl sites for hydroxylation is 1. The van der Waals surface area contributed by atoms with E-state index in [1.165, 1.54) is 12.8 Å². The van der Waals surface area contributed by atoms with E-state index < -0.39 is 0 Å². The van der Waals surface area contributed by atoms with Crippen molar-refractivity contribution in [2.45, 2.75) is 44.8 Å². The summed E-state index contributed by atoms with van der Waals surface area (Å²) in [6, 6.07) is 0.756. The monoisotopic (exact) mass is 223 g/mol. The third-order valence-electron chi connectivity index (χ3n) is 2.85. The fourth-order valence-electron chi connectivity index (χ4n) is 1.70. The first kappa shape index (κ1) is 11.6. The number of ether oxygens (including phenoxy) is 1. The molecule has 0 saturated heterocycles. The van der Waals surface area contributed by atoms with Gasteiger partial charge < -0.3 is 14.6 Å². The third-order valence-corrected chi connectivity index (χ3v) is 2.85. The first-order valence-corrected chi connectivity index (χ1v) is 6.11. The van der Waals surface area contributed by atoms with Gasteiger partial charge in [0.05, 0.1) is 12.0 Å². The Morgan fingerprint density at radius 2 is 2.38 bits per heavy atom. The molecule has 0 bridgehead atoms. The third kappa shape index (κ3) is 3.94. The van der Waals surface area contributed by atoms with Crippen LogP contribution in [0.2, 0.25) is 0 Å². The standard InChI is InChI=1S/C12H21N3O/c1-16-7-3-2-6-15-9-12(14-10-15)8-13-11-4-5-11/h9-11,13H,2-8H2,1H3. The predicted molar refractivity (Wildman–Crippen MR) is 63.2 cm³/mol. The Hall–Kier alpha value is -0.870. The highest BCUT2D eigenvalue weighted by molar-refractivity contribution is 4.97. The average molecular weight is 223 g/mol. The van der Waals surface area contributed by atoms with E-state index in [9.17, 15) is 0 Å². The zero-order valence-corrected chi connectivity index (χ0v) is 9.98. The van der Waals surface area contributed by atoms with Crippen molar-refractivity contribution in [1.82, 2.24) is 14.9 Å². The molecular formula is C12H21N3O. The van der Waals surface area contributed by atoms with Crippen LogP contribution in [-0.4, -0.2) is 29.3 Å². The summed E-state index contributed by atoms with van der Waals surface area (Å²) in [7, 11) is 1.75. The normalized spacial score (nSPS) is 15.6. The molecule has 1 fully saturated rings. The van der Waals surface area contributed by atoms with Gasteiger partial charge in [0.15, 0.2) is 0 Å². The summed E-state index contributed by atoms with van der Waals surface area (Å²) in [4.78, 5) is 4.38. The zero-order chi connectivity index (χ0) is 11.2. The van der Waals surface area contributed by atoms with Crippen LogP contribution in [0.3, 0.4) is 0 Å². The molecule has 0 unspecified atom stereocenters. The molecule has 1 saturated carbocycles. The van der Waals surface area contributed by atoms with Crippen LogP contribution in [0.4, 0.5) is 0 Å². The van der Waals surface area contributed by atoms with Crippen LogP contribution in [0.15, 0.2) is 12.5 Å². The van der Waals surface area contributed by atoms with Crippen LogP contribution in [0.5, 0.6) is 0 Å². The highest BCUT2D eigenvalue weighted by Crippen LogP contribution is 2.18. The molecule has 0 spiro atoms. The molecule has 90 valence electrons. The number of rotatable bonds is 8. The molecule has 0 amide bonds. The quantitative estimate of drug-likeness (QED) is 0.680. The Labute approximate surface area is 97.0 Å². The second kappa shape index (κ2) is 6.01. The number of nitrogens with zero attached hydrogens (tertiary/aromatic N) is 2. The van der Waals surface area contributed by atoms with Crippen molar-refractivity contribution in [3.8, 4) is 0 Å². The number of aromatic nitrogens is 2. The highest BCUT2D eigenvalue weighted by Gasteiger charge is 2.20. The molecule has 1 aromatic rings. The van der Waals surface area contributed by atoms with Crippen LogP contribution in [0.1, 0.15) is 31.4 Å². The lowest BCUT2D eigenvalue weighted by Gasteiger charge is -2.01. The van der Waals surface area contributed by atoms with E-state index in [1.54, 1.807) is 7.11 Å². The molecule has 0 aliphatic heterocycles. The first-order valence-electron chi connectivity index (χ1n) is 6.11. The van der Waals surface area contributed by atoms with Gasteiger partial charge in [0.1, 0.15) is 0 Å². The number of hydrogen-bond acceptors (Lipinski definition) is 3. The summed E-state index contributed by atoms with van der Waals surface area (Å²) in [5.41, 5.74) is 1.15. The van der Waals surface area contributed by atoms with Crippen molar-refractivity contribution < 1.29 is 4.74 Å². The molecule has 0 radical (unpaired) electrons. The summed E-state index contributed by atoms with van der Waals surface area (Å²) >= 11 is 0. The van der Waals surface area contributed by atoms with E-state index in [0.29, 0.717) is 0 Å². The molecule has 1 aliphatic carbocycles. The highest BCUT2D eigenvalue weighted by atomic mass is 16.5. The van der Waals surface area contributed by atoms with Gasteiger partial charge in [-0.25, -0.2) is 4.98 Å². The second-order valence-corrected chi connectivity index (χ2v) is 4.46. The van der Waals surface area contributed by atoms with Gasteiger partial charge in [-0.15, -0.1) is 0 Å². The number of nitrogens with one attached hydrogen (secondary N) is 1. The van der Waals surface area contributed by atoms with Gasteiger partial charge in [-0.2, -0.15) is 0 Å². The molecule has 4 nitrogen and oxygen atoms in total. The largest absolute Gasteiger partial charge is 0.385 e. The fourth-order valence-corrected chi connectivity index (χ4v) is 1.70. The van der Waals surface area contributed by atoms with E-state index in [2.05, 4.69) is 21.1 Å². The number of imidazole rings is 1. The number of hydrogen-bond donors (Lipinski definition) is 1. The first-order chi connectivity index (χ1) is 7.88. The molecule has 1 aliphatic rings. The minimum absolute atomic E-state index is 0.756. The zero-order valence-electron chi connectivity index (χ0n) is 9.98. The number of unbranched alkanes of at least 4 members (excludes halogenated alkanes) is 1.